The molecule has 0 bridgehead atoms. The van der Waals surface area contributed by atoms with E-state index in [1.54, 1.807) is 25.4 Å². The van der Waals surface area contributed by atoms with Gasteiger partial charge in [-0.05, 0) is 43.5 Å². The molecular weight excluding hydrogens is 294 g/mol. The Balaban J connectivity index is 1.62. The number of furan rings is 1. The molecule has 3 rings (SSSR count). The largest absolute Gasteiger partial charge is 0.469 e. The average Bonchev–Trinajstić information content (AvgIpc) is 3.22. The molecule has 2 aromatic heterocycles. The van der Waals surface area contributed by atoms with Crippen LogP contribution in [-0.2, 0) is 4.79 Å². The molecule has 3 heterocycles. The van der Waals surface area contributed by atoms with Crippen LogP contribution in [0.1, 0.15) is 40.6 Å². The van der Waals surface area contributed by atoms with Crippen LogP contribution in [0.2, 0.25) is 0 Å². The van der Waals surface area contributed by atoms with E-state index in [9.17, 15) is 9.59 Å². The van der Waals surface area contributed by atoms with Gasteiger partial charge in [-0.1, -0.05) is 0 Å². The fourth-order valence-electron chi connectivity index (χ4n) is 2.97. The standard InChI is InChI=1S/C17H19N3O3/c1-12-14(6-10-23-12)17(22)19-11-16(21)20-9-2-3-15(20)13-4-7-18-8-5-13/h4-8,10,15H,2-3,9,11H2,1H3,(H,19,22). The van der Waals surface area contributed by atoms with E-state index in [4.69, 9.17) is 4.42 Å². The van der Waals surface area contributed by atoms with Crippen molar-refractivity contribution >= 4 is 11.8 Å². The van der Waals surface area contributed by atoms with Crippen LogP contribution in [-0.4, -0.2) is 34.8 Å². The number of pyridine rings is 1. The molecule has 120 valence electrons. The maximum Gasteiger partial charge on any atom is 0.255 e. The third-order valence-corrected chi connectivity index (χ3v) is 4.17. The van der Waals surface area contributed by atoms with E-state index in [1.165, 1.54) is 6.26 Å². The number of rotatable bonds is 4. The Morgan fingerprint density at radius 3 is 2.83 bits per heavy atom. The number of hydrogen-bond acceptors (Lipinski definition) is 4. The lowest BCUT2D eigenvalue weighted by molar-refractivity contribution is -0.131. The number of likely N-dealkylation sites (tertiary alicyclic amines) is 1. The smallest absolute Gasteiger partial charge is 0.255 e. The first kappa shape index (κ1) is 15.3. The monoisotopic (exact) mass is 313 g/mol. The molecule has 6 heteroatoms. The highest BCUT2D eigenvalue weighted by atomic mass is 16.3. The summed E-state index contributed by atoms with van der Waals surface area (Å²) in [4.78, 5) is 30.4. The van der Waals surface area contributed by atoms with E-state index >= 15 is 0 Å². The molecule has 0 spiro atoms. The van der Waals surface area contributed by atoms with Gasteiger partial charge >= 0.3 is 0 Å². The Morgan fingerprint density at radius 1 is 1.35 bits per heavy atom. The van der Waals surface area contributed by atoms with Crippen molar-refractivity contribution in [3.05, 3.63) is 53.7 Å². The van der Waals surface area contributed by atoms with Crippen molar-refractivity contribution in [3.8, 4) is 0 Å². The summed E-state index contributed by atoms with van der Waals surface area (Å²) < 4.78 is 5.11. The molecule has 1 atom stereocenters. The first-order chi connectivity index (χ1) is 11.2. The van der Waals surface area contributed by atoms with Crippen LogP contribution in [0.5, 0.6) is 0 Å². The molecule has 0 saturated carbocycles. The molecule has 23 heavy (non-hydrogen) atoms. The van der Waals surface area contributed by atoms with E-state index in [-0.39, 0.29) is 24.4 Å². The molecule has 1 unspecified atom stereocenters. The molecule has 1 N–H and O–H groups in total. The van der Waals surface area contributed by atoms with Gasteiger partial charge in [-0.3, -0.25) is 14.6 Å². The Labute approximate surface area is 134 Å². The maximum atomic E-state index is 12.5. The first-order valence-electron chi connectivity index (χ1n) is 7.68. The van der Waals surface area contributed by atoms with Crippen molar-refractivity contribution in [1.82, 2.24) is 15.2 Å². The summed E-state index contributed by atoms with van der Waals surface area (Å²) in [6, 6.07) is 5.54. The number of carbonyl (C=O) groups is 2. The van der Waals surface area contributed by atoms with Crippen LogP contribution in [0.15, 0.2) is 41.3 Å². The number of aromatic nitrogens is 1. The molecule has 1 saturated heterocycles. The maximum absolute atomic E-state index is 12.5. The van der Waals surface area contributed by atoms with Crippen molar-refractivity contribution in [2.24, 2.45) is 0 Å². The van der Waals surface area contributed by atoms with Crippen LogP contribution in [0.4, 0.5) is 0 Å². The lowest BCUT2D eigenvalue weighted by atomic mass is 10.1. The first-order valence-corrected chi connectivity index (χ1v) is 7.68. The summed E-state index contributed by atoms with van der Waals surface area (Å²) in [7, 11) is 0. The summed E-state index contributed by atoms with van der Waals surface area (Å²) in [5, 5.41) is 2.67. The number of aryl methyl sites for hydroxylation is 1. The summed E-state index contributed by atoms with van der Waals surface area (Å²) in [6.45, 7) is 2.42. The average molecular weight is 313 g/mol. The molecule has 1 aliphatic rings. The van der Waals surface area contributed by atoms with Gasteiger partial charge in [-0.15, -0.1) is 0 Å². The van der Waals surface area contributed by atoms with Gasteiger partial charge in [-0.25, -0.2) is 0 Å². The highest BCUT2D eigenvalue weighted by molar-refractivity contribution is 5.97. The minimum absolute atomic E-state index is 0.00889. The quantitative estimate of drug-likeness (QED) is 0.937. The summed E-state index contributed by atoms with van der Waals surface area (Å²) in [6.07, 6.45) is 6.84. The second-order valence-electron chi connectivity index (χ2n) is 5.60. The second kappa shape index (κ2) is 6.64. The van der Waals surface area contributed by atoms with Crippen molar-refractivity contribution in [2.75, 3.05) is 13.1 Å². The predicted molar refractivity (Wildman–Crippen MR) is 83.7 cm³/mol. The topological polar surface area (TPSA) is 75.4 Å². The third-order valence-electron chi connectivity index (χ3n) is 4.17. The normalized spacial score (nSPS) is 17.3. The molecular formula is C17H19N3O3. The lowest BCUT2D eigenvalue weighted by Gasteiger charge is -2.25. The lowest BCUT2D eigenvalue weighted by Crippen LogP contribution is -2.39. The van der Waals surface area contributed by atoms with Crippen molar-refractivity contribution in [2.45, 2.75) is 25.8 Å². The van der Waals surface area contributed by atoms with Gasteiger partial charge in [0.25, 0.3) is 5.91 Å². The molecule has 0 aromatic carbocycles. The Bertz CT molecular complexity index is 696. The van der Waals surface area contributed by atoms with Crippen molar-refractivity contribution < 1.29 is 14.0 Å². The van der Waals surface area contributed by atoms with E-state index in [0.29, 0.717) is 17.9 Å². The fraction of sp³-hybridized carbons (Fsp3) is 0.353. The molecule has 1 fully saturated rings. The molecule has 0 aliphatic carbocycles. The van der Waals surface area contributed by atoms with Crippen LogP contribution >= 0.6 is 0 Å². The minimum Gasteiger partial charge on any atom is -0.469 e. The fourth-order valence-corrected chi connectivity index (χ4v) is 2.97. The molecule has 1 aliphatic heterocycles. The second-order valence-corrected chi connectivity index (χ2v) is 5.60. The van der Waals surface area contributed by atoms with Gasteiger partial charge in [0.1, 0.15) is 5.76 Å². The minimum atomic E-state index is -0.288. The van der Waals surface area contributed by atoms with Gasteiger partial charge in [0.05, 0.1) is 24.4 Å². The predicted octanol–water partition coefficient (Wildman–Crippen LogP) is 2.08. The number of hydrogen-bond donors (Lipinski definition) is 1. The third kappa shape index (κ3) is 3.26. The molecule has 2 aromatic rings. The van der Waals surface area contributed by atoms with Crippen LogP contribution < -0.4 is 5.32 Å². The van der Waals surface area contributed by atoms with Crippen LogP contribution in [0.25, 0.3) is 0 Å². The Hall–Kier alpha value is -2.63. The van der Waals surface area contributed by atoms with Crippen molar-refractivity contribution in [1.29, 1.82) is 0 Å². The molecule has 6 nitrogen and oxygen atoms in total. The zero-order chi connectivity index (χ0) is 16.2. The van der Waals surface area contributed by atoms with E-state index in [0.717, 1.165) is 18.4 Å². The Morgan fingerprint density at radius 2 is 2.13 bits per heavy atom. The molecule has 0 radical (unpaired) electrons. The van der Waals surface area contributed by atoms with Gasteiger partial charge in [0.15, 0.2) is 0 Å². The van der Waals surface area contributed by atoms with Gasteiger partial charge in [-0.2, -0.15) is 0 Å². The van der Waals surface area contributed by atoms with E-state index in [2.05, 4.69) is 10.3 Å². The summed E-state index contributed by atoms with van der Waals surface area (Å²) in [5.41, 5.74) is 1.55. The number of carbonyl (C=O) groups excluding carboxylic acids is 2. The summed E-state index contributed by atoms with van der Waals surface area (Å²) in [5.74, 6) is 0.189. The highest BCUT2D eigenvalue weighted by Crippen LogP contribution is 2.31. The van der Waals surface area contributed by atoms with Gasteiger partial charge in [0.2, 0.25) is 5.91 Å². The van der Waals surface area contributed by atoms with Crippen LogP contribution in [0, 0.1) is 6.92 Å². The number of nitrogens with zero attached hydrogens (tertiary/aromatic N) is 2. The summed E-state index contributed by atoms with van der Waals surface area (Å²) >= 11 is 0. The number of amides is 2. The zero-order valence-corrected chi connectivity index (χ0v) is 13.0. The van der Waals surface area contributed by atoms with Crippen LogP contribution in [0.3, 0.4) is 0 Å². The number of nitrogens with one attached hydrogen (secondary N) is 1. The van der Waals surface area contributed by atoms with E-state index < -0.39 is 0 Å². The van der Waals surface area contributed by atoms with Gasteiger partial charge in [0, 0.05) is 18.9 Å². The zero-order valence-electron chi connectivity index (χ0n) is 13.0. The Kier molecular flexibility index (Phi) is 4.41. The highest BCUT2D eigenvalue weighted by Gasteiger charge is 2.29. The van der Waals surface area contributed by atoms with E-state index in [1.807, 2.05) is 17.0 Å². The molecule has 2 amide bonds. The van der Waals surface area contributed by atoms with Gasteiger partial charge < -0.3 is 14.6 Å². The SMILES string of the molecule is Cc1occc1C(=O)NCC(=O)N1CCCC1c1ccncc1. The van der Waals surface area contributed by atoms with Crippen molar-refractivity contribution in [3.63, 3.8) is 0 Å².